The number of likely N-dealkylation sites (tertiary alicyclic amines) is 1. The van der Waals surface area contributed by atoms with E-state index in [4.69, 9.17) is 0 Å². The fraction of sp³-hybridized carbons (Fsp3) is 0.818. The van der Waals surface area contributed by atoms with Crippen LogP contribution in [0.5, 0.6) is 0 Å². The zero-order valence-corrected chi connectivity index (χ0v) is 8.85. The van der Waals surface area contributed by atoms with Crippen LogP contribution in [0.2, 0.25) is 0 Å². The molecule has 1 heterocycles. The summed E-state index contributed by atoms with van der Waals surface area (Å²) in [6.07, 6.45) is 1.30. The average molecular weight is 167 g/mol. The van der Waals surface area contributed by atoms with Gasteiger partial charge >= 0.3 is 0 Å². The first kappa shape index (κ1) is 9.79. The molecule has 1 saturated heterocycles. The van der Waals surface area contributed by atoms with Crippen LogP contribution in [0.3, 0.4) is 0 Å². The molecule has 1 aliphatic rings. The lowest BCUT2D eigenvalue weighted by Gasteiger charge is -2.16. The van der Waals surface area contributed by atoms with Gasteiger partial charge in [-0.2, -0.15) is 0 Å². The Hall–Kier alpha value is -0.300. The van der Waals surface area contributed by atoms with Crippen molar-refractivity contribution in [2.24, 2.45) is 5.92 Å². The van der Waals surface area contributed by atoms with E-state index in [2.05, 4.69) is 32.6 Å². The van der Waals surface area contributed by atoms with Crippen LogP contribution in [0.4, 0.5) is 0 Å². The molecule has 1 fully saturated rings. The number of nitrogens with zero attached hydrogens (tertiary/aromatic N) is 1. The molecule has 1 nitrogen and oxygen atoms in total. The highest BCUT2D eigenvalue weighted by Crippen LogP contribution is 2.19. The maximum absolute atomic E-state index is 2.56. The van der Waals surface area contributed by atoms with Gasteiger partial charge in [-0.1, -0.05) is 25.0 Å². The lowest BCUT2D eigenvalue weighted by atomic mass is 10.1. The molecule has 0 amide bonds. The van der Waals surface area contributed by atoms with Crippen LogP contribution in [0.15, 0.2) is 11.1 Å². The first-order chi connectivity index (χ1) is 5.59. The average Bonchev–Trinajstić information content (AvgIpc) is 2.34. The van der Waals surface area contributed by atoms with E-state index in [1.54, 1.807) is 5.57 Å². The van der Waals surface area contributed by atoms with Crippen LogP contribution in [-0.4, -0.2) is 24.5 Å². The standard InChI is InChI=1S/C11H21N/c1-9(2)7-12-6-5-11(8-12)10(3)4/h9H,5-8H2,1-4H3. The normalized spacial score (nSPS) is 19.2. The highest BCUT2D eigenvalue weighted by molar-refractivity contribution is 5.15. The number of hydrogen-bond acceptors (Lipinski definition) is 1. The Balaban J connectivity index is 2.41. The van der Waals surface area contributed by atoms with E-state index in [0.29, 0.717) is 0 Å². The van der Waals surface area contributed by atoms with Gasteiger partial charge in [0.15, 0.2) is 0 Å². The topological polar surface area (TPSA) is 3.24 Å². The van der Waals surface area contributed by atoms with E-state index < -0.39 is 0 Å². The van der Waals surface area contributed by atoms with E-state index in [9.17, 15) is 0 Å². The van der Waals surface area contributed by atoms with Crippen molar-refractivity contribution in [3.05, 3.63) is 11.1 Å². The van der Waals surface area contributed by atoms with E-state index in [1.165, 1.54) is 31.6 Å². The Morgan fingerprint density at radius 2 is 2.08 bits per heavy atom. The minimum atomic E-state index is 0.807. The van der Waals surface area contributed by atoms with Crippen molar-refractivity contribution in [1.29, 1.82) is 0 Å². The van der Waals surface area contributed by atoms with E-state index in [0.717, 1.165) is 5.92 Å². The van der Waals surface area contributed by atoms with Crippen molar-refractivity contribution < 1.29 is 0 Å². The number of allylic oxidation sites excluding steroid dienone is 1. The van der Waals surface area contributed by atoms with Gasteiger partial charge < -0.3 is 0 Å². The summed E-state index contributed by atoms with van der Waals surface area (Å²) in [7, 11) is 0. The van der Waals surface area contributed by atoms with Gasteiger partial charge in [0.25, 0.3) is 0 Å². The monoisotopic (exact) mass is 167 g/mol. The molecule has 0 aromatic heterocycles. The molecule has 0 radical (unpaired) electrons. The Morgan fingerprint density at radius 1 is 1.42 bits per heavy atom. The molecule has 0 aromatic rings. The van der Waals surface area contributed by atoms with E-state index in [-0.39, 0.29) is 0 Å². The Morgan fingerprint density at radius 3 is 2.50 bits per heavy atom. The summed E-state index contributed by atoms with van der Waals surface area (Å²) in [6, 6.07) is 0. The lowest BCUT2D eigenvalue weighted by Crippen LogP contribution is -2.24. The second kappa shape index (κ2) is 4.08. The van der Waals surface area contributed by atoms with Crippen molar-refractivity contribution in [1.82, 2.24) is 4.90 Å². The molecule has 1 rings (SSSR count). The van der Waals surface area contributed by atoms with E-state index in [1.807, 2.05) is 0 Å². The molecule has 0 saturated carbocycles. The van der Waals surface area contributed by atoms with Gasteiger partial charge in [0, 0.05) is 19.6 Å². The molecule has 0 aliphatic carbocycles. The third-order valence-electron chi connectivity index (χ3n) is 2.47. The minimum absolute atomic E-state index is 0.807. The highest BCUT2D eigenvalue weighted by Gasteiger charge is 2.17. The SMILES string of the molecule is CC(C)=C1CCN(CC(C)C)C1. The van der Waals surface area contributed by atoms with Gasteiger partial charge in [-0.25, -0.2) is 0 Å². The summed E-state index contributed by atoms with van der Waals surface area (Å²) in [5.74, 6) is 0.807. The first-order valence-electron chi connectivity index (χ1n) is 4.97. The third-order valence-corrected chi connectivity index (χ3v) is 2.47. The van der Waals surface area contributed by atoms with Crippen LogP contribution < -0.4 is 0 Å². The molecule has 0 aromatic carbocycles. The molecule has 0 bridgehead atoms. The van der Waals surface area contributed by atoms with Crippen molar-refractivity contribution in [3.63, 3.8) is 0 Å². The minimum Gasteiger partial charge on any atom is -0.299 e. The molecule has 70 valence electrons. The van der Waals surface area contributed by atoms with Gasteiger partial charge in [0.2, 0.25) is 0 Å². The molecule has 0 unspecified atom stereocenters. The fourth-order valence-corrected chi connectivity index (χ4v) is 1.80. The highest BCUT2D eigenvalue weighted by atomic mass is 15.1. The van der Waals surface area contributed by atoms with Crippen LogP contribution in [-0.2, 0) is 0 Å². The van der Waals surface area contributed by atoms with Gasteiger partial charge in [-0.05, 0) is 26.2 Å². The Bertz CT molecular complexity index is 175. The summed E-state index contributed by atoms with van der Waals surface area (Å²) >= 11 is 0. The Labute approximate surface area is 76.5 Å². The van der Waals surface area contributed by atoms with Crippen LogP contribution >= 0.6 is 0 Å². The quantitative estimate of drug-likeness (QED) is 0.572. The summed E-state index contributed by atoms with van der Waals surface area (Å²) in [6.45, 7) is 12.8. The number of rotatable bonds is 2. The van der Waals surface area contributed by atoms with Gasteiger partial charge in [0.1, 0.15) is 0 Å². The maximum Gasteiger partial charge on any atom is 0.0196 e. The number of hydrogen-bond donors (Lipinski definition) is 0. The van der Waals surface area contributed by atoms with Crippen LogP contribution in [0.25, 0.3) is 0 Å². The maximum atomic E-state index is 2.56. The lowest BCUT2D eigenvalue weighted by molar-refractivity contribution is 0.303. The predicted molar refractivity (Wildman–Crippen MR) is 54.3 cm³/mol. The summed E-state index contributed by atoms with van der Waals surface area (Å²) in [5.41, 5.74) is 3.19. The zero-order chi connectivity index (χ0) is 9.14. The van der Waals surface area contributed by atoms with Gasteiger partial charge in [-0.3, -0.25) is 4.90 Å². The molecular formula is C11H21N. The van der Waals surface area contributed by atoms with E-state index >= 15 is 0 Å². The van der Waals surface area contributed by atoms with Crippen molar-refractivity contribution in [2.45, 2.75) is 34.1 Å². The zero-order valence-electron chi connectivity index (χ0n) is 8.85. The summed E-state index contributed by atoms with van der Waals surface area (Å²) in [5, 5.41) is 0. The molecule has 0 atom stereocenters. The third kappa shape index (κ3) is 2.63. The second-order valence-electron chi connectivity index (χ2n) is 4.48. The largest absolute Gasteiger partial charge is 0.299 e. The summed E-state index contributed by atoms with van der Waals surface area (Å²) in [4.78, 5) is 2.56. The molecular weight excluding hydrogens is 146 g/mol. The molecule has 0 spiro atoms. The smallest absolute Gasteiger partial charge is 0.0196 e. The van der Waals surface area contributed by atoms with Crippen LogP contribution in [0, 0.1) is 5.92 Å². The molecule has 12 heavy (non-hydrogen) atoms. The molecule has 1 aliphatic heterocycles. The fourth-order valence-electron chi connectivity index (χ4n) is 1.80. The summed E-state index contributed by atoms with van der Waals surface area (Å²) < 4.78 is 0. The predicted octanol–water partition coefficient (Wildman–Crippen LogP) is 2.68. The van der Waals surface area contributed by atoms with Gasteiger partial charge in [0.05, 0.1) is 0 Å². The Kier molecular flexibility index (Phi) is 3.33. The molecule has 1 heteroatoms. The van der Waals surface area contributed by atoms with Crippen molar-refractivity contribution >= 4 is 0 Å². The van der Waals surface area contributed by atoms with Crippen molar-refractivity contribution in [2.75, 3.05) is 19.6 Å². The van der Waals surface area contributed by atoms with Crippen molar-refractivity contribution in [3.8, 4) is 0 Å². The first-order valence-corrected chi connectivity index (χ1v) is 4.97. The van der Waals surface area contributed by atoms with Gasteiger partial charge in [-0.15, -0.1) is 0 Å². The second-order valence-corrected chi connectivity index (χ2v) is 4.48. The van der Waals surface area contributed by atoms with Crippen LogP contribution in [0.1, 0.15) is 34.1 Å². The molecule has 0 N–H and O–H groups in total.